The molecule has 0 radical (unpaired) electrons. The Morgan fingerprint density at radius 3 is 1.64 bits per heavy atom. The van der Waals surface area contributed by atoms with E-state index in [2.05, 4.69) is 75.3 Å². The van der Waals surface area contributed by atoms with Crippen LogP contribution in [-0.2, 0) is 0 Å². The van der Waals surface area contributed by atoms with Crippen LogP contribution in [0.2, 0.25) is 0 Å². The zero-order valence-corrected chi connectivity index (χ0v) is 38.9. The minimum absolute atomic E-state index is 0.00830. The Hall–Kier alpha value is -0.340. The van der Waals surface area contributed by atoms with Gasteiger partial charge in [-0.15, -0.1) is 0 Å². The zero-order valence-electron chi connectivity index (χ0n) is 38.9. The number of aliphatic hydroxyl groups excluding tert-OH is 2. The maximum Gasteiger partial charge on any atom is 0.0577 e. The number of hydrogen-bond acceptors (Lipinski definition) is 2. The third kappa shape index (κ3) is 8.09. The van der Waals surface area contributed by atoms with E-state index < -0.39 is 0 Å². The van der Waals surface area contributed by atoms with E-state index in [-0.39, 0.29) is 12.2 Å². The fourth-order valence-electron chi connectivity index (χ4n) is 17.9. The molecule has 0 aromatic carbocycles. The molecule has 0 aromatic rings. The molecule has 0 saturated heterocycles. The predicted molar refractivity (Wildman–Crippen MR) is 238 cm³/mol. The predicted octanol–water partition coefficient (Wildman–Crippen LogP) is 14.9. The van der Waals surface area contributed by atoms with E-state index in [4.69, 9.17) is 0 Å². The first-order chi connectivity index (χ1) is 26.5. The lowest BCUT2D eigenvalue weighted by molar-refractivity contribution is -0.129. The van der Waals surface area contributed by atoms with Gasteiger partial charge in [-0.05, 0) is 208 Å². The molecule has 56 heavy (non-hydrogen) atoms. The zero-order chi connectivity index (χ0) is 40.2. The van der Waals surface area contributed by atoms with E-state index in [0.29, 0.717) is 21.7 Å². The van der Waals surface area contributed by atoms with E-state index >= 15 is 0 Å². The van der Waals surface area contributed by atoms with Crippen molar-refractivity contribution in [3.05, 3.63) is 11.6 Å². The summed E-state index contributed by atoms with van der Waals surface area (Å²) in [5.41, 5.74) is 3.76. The topological polar surface area (TPSA) is 40.5 Å². The van der Waals surface area contributed by atoms with Gasteiger partial charge in [-0.1, -0.05) is 119 Å². The van der Waals surface area contributed by atoms with Crippen molar-refractivity contribution in [2.75, 3.05) is 0 Å². The Kier molecular flexibility index (Phi) is 13.4. The quantitative estimate of drug-likeness (QED) is 0.217. The van der Waals surface area contributed by atoms with Crippen molar-refractivity contribution in [1.29, 1.82) is 0 Å². The molecule has 7 saturated carbocycles. The Bertz CT molecular complexity index is 1330. The van der Waals surface area contributed by atoms with Crippen molar-refractivity contribution in [2.45, 2.75) is 229 Å². The minimum Gasteiger partial charge on any atom is -0.393 e. The van der Waals surface area contributed by atoms with Gasteiger partial charge in [0.15, 0.2) is 0 Å². The van der Waals surface area contributed by atoms with E-state index in [1.54, 1.807) is 5.57 Å². The number of rotatable bonds is 10. The van der Waals surface area contributed by atoms with Crippen LogP contribution in [0.15, 0.2) is 11.6 Å². The number of fused-ring (bicyclic) bond motifs is 10. The molecule has 0 unspecified atom stereocenters. The highest BCUT2D eigenvalue weighted by Gasteiger charge is 2.61. The van der Waals surface area contributed by atoms with Gasteiger partial charge in [-0.2, -0.15) is 0 Å². The fourth-order valence-corrected chi connectivity index (χ4v) is 17.9. The van der Waals surface area contributed by atoms with Crippen LogP contribution in [0.25, 0.3) is 0 Å². The molecule has 2 nitrogen and oxygen atoms in total. The normalized spacial score (nSPS) is 48.0. The molecule has 7 fully saturated rings. The van der Waals surface area contributed by atoms with Crippen LogP contribution in [0.5, 0.6) is 0 Å². The molecule has 0 amide bonds. The molecule has 8 aliphatic rings. The van der Waals surface area contributed by atoms with E-state index in [9.17, 15) is 10.2 Å². The summed E-state index contributed by atoms with van der Waals surface area (Å²) < 4.78 is 0. The van der Waals surface area contributed by atoms with E-state index in [0.717, 1.165) is 103 Å². The van der Waals surface area contributed by atoms with Crippen molar-refractivity contribution in [3.63, 3.8) is 0 Å². The summed E-state index contributed by atoms with van der Waals surface area (Å²) in [6.07, 6.45) is 33.8. The molecular formula is C54H94O2. The lowest BCUT2D eigenvalue weighted by Gasteiger charge is -2.61. The highest BCUT2D eigenvalue weighted by atomic mass is 16.3. The first kappa shape index (κ1) is 43.7. The average molecular weight is 775 g/mol. The monoisotopic (exact) mass is 775 g/mol. The van der Waals surface area contributed by atoms with Crippen molar-refractivity contribution in [2.24, 2.45) is 98.6 Å². The molecule has 0 heterocycles. The van der Waals surface area contributed by atoms with Crippen LogP contribution in [-0.4, -0.2) is 22.4 Å². The largest absolute Gasteiger partial charge is 0.393 e. The van der Waals surface area contributed by atoms with Crippen molar-refractivity contribution >= 4 is 0 Å². The van der Waals surface area contributed by atoms with Crippen LogP contribution in [0.1, 0.15) is 217 Å². The molecule has 322 valence electrons. The Morgan fingerprint density at radius 2 is 1.05 bits per heavy atom. The molecule has 2 heteroatoms. The third-order valence-corrected chi connectivity index (χ3v) is 21.1. The molecule has 17 atom stereocenters. The summed E-state index contributed by atoms with van der Waals surface area (Å²) in [7, 11) is 0. The second-order valence-corrected chi connectivity index (χ2v) is 24.8. The number of allylic oxidation sites excluding steroid dienone is 1. The SMILES string of the molecule is CC(C)CCC[C@@H](C)[C@H]1CC[C@H]2[C@@H]3CC=C4C[C@@H](O)CC[C@]4(C)[C@H]3CC[C@]12C.CC(C)CCC[C@@H](C)[C@H]1CC[C@H]2[C@@H]3CC[C@H]4C[C@@H](O)CC[C@]4(C)[C@H]3CC[C@]12C. The third-order valence-electron chi connectivity index (χ3n) is 21.1. The summed E-state index contributed by atoms with van der Waals surface area (Å²) in [6.45, 7) is 25.2. The second kappa shape index (κ2) is 17.2. The van der Waals surface area contributed by atoms with Crippen LogP contribution in [0.4, 0.5) is 0 Å². The highest BCUT2D eigenvalue weighted by Crippen LogP contribution is 2.69. The van der Waals surface area contributed by atoms with Gasteiger partial charge in [0.2, 0.25) is 0 Å². The van der Waals surface area contributed by atoms with Gasteiger partial charge in [-0.25, -0.2) is 0 Å². The standard InChI is InChI=1S/C27H48O.C27H46O/c2*1-18(2)7-6-8-19(3)23-11-12-24-22-10-9-20-17-21(28)13-15-26(20,4)25(22)14-16-27(23,24)5/h18-25,28H,6-17H2,1-5H3;9,18-19,21-25,28H,6-8,10-17H2,1-5H3/t19-,20+,21+,22+,23-,24+,25+,26+,27-;19-,21+,22+,23-,24+,25+,26+,27-/m11/s1. The minimum atomic E-state index is -0.0766. The summed E-state index contributed by atoms with van der Waals surface area (Å²) in [5.74, 6) is 11.9. The van der Waals surface area contributed by atoms with Crippen molar-refractivity contribution in [3.8, 4) is 0 Å². The Labute approximate surface area is 348 Å². The Morgan fingerprint density at radius 1 is 0.536 bits per heavy atom. The smallest absolute Gasteiger partial charge is 0.0577 e. The van der Waals surface area contributed by atoms with Crippen LogP contribution in [0.3, 0.4) is 0 Å². The first-order valence-electron chi connectivity index (χ1n) is 25.6. The van der Waals surface area contributed by atoms with Crippen molar-refractivity contribution in [1.82, 2.24) is 0 Å². The van der Waals surface area contributed by atoms with E-state index in [1.165, 1.54) is 122 Å². The summed E-state index contributed by atoms with van der Waals surface area (Å²) in [6, 6.07) is 0. The molecule has 2 N–H and O–H groups in total. The van der Waals surface area contributed by atoms with E-state index in [1.807, 2.05) is 0 Å². The van der Waals surface area contributed by atoms with Crippen LogP contribution in [0, 0.1) is 98.6 Å². The number of aliphatic hydroxyl groups is 2. The van der Waals surface area contributed by atoms with Gasteiger partial charge in [0.05, 0.1) is 12.2 Å². The highest BCUT2D eigenvalue weighted by molar-refractivity contribution is 5.25. The van der Waals surface area contributed by atoms with Gasteiger partial charge in [0.25, 0.3) is 0 Å². The molecule has 0 aromatic heterocycles. The molecular weight excluding hydrogens is 681 g/mol. The molecule has 0 aliphatic heterocycles. The van der Waals surface area contributed by atoms with Gasteiger partial charge in [0, 0.05) is 0 Å². The molecule has 0 spiro atoms. The van der Waals surface area contributed by atoms with Crippen LogP contribution >= 0.6 is 0 Å². The molecule has 8 aliphatic carbocycles. The first-order valence-corrected chi connectivity index (χ1v) is 25.6. The van der Waals surface area contributed by atoms with Gasteiger partial charge in [0.1, 0.15) is 0 Å². The fraction of sp³-hybridized carbons (Fsp3) is 0.963. The molecule has 8 rings (SSSR count). The van der Waals surface area contributed by atoms with Crippen molar-refractivity contribution < 1.29 is 10.2 Å². The molecule has 0 bridgehead atoms. The number of hydrogen-bond donors (Lipinski definition) is 2. The average Bonchev–Trinajstić information content (AvgIpc) is 3.69. The second-order valence-electron chi connectivity index (χ2n) is 24.8. The summed E-state index contributed by atoms with van der Waals surface area (Å²) in [5, 5.41) is 20.5. The summed E-state index contributed by atoms with van der Waals surface area (Å²) in [4.78, 5) is 0. The summed E-state index contributed by atoms with van der Waals surface area (Å²) >= 11 is 0. The van der Waals surface area contributed by atoms with Crippen LogP contribution < -0.4 is 0 Å². The maximum absolute atomic E-state index is 10.3. The van der Waals surface area contributed by atoms with Gasteiger partial charge < -0.3 is 10.2 Å². The van der Waals surface area contributed by atoms with Gasteiger partial charge >= 0.3 is 0 Å². The maximum atomic E-state index is 10.3. The lowest BCUT2D eigenvalue weighted by Crippen LogP contribution is -2.54. The Balaban J connectivity index is 0.000000172. The lowest BCUT2D eigenvalue weighted by atomic mass is 9.44. The van der Waals surface area contributed by atoms with Gasteiger partial charge in [-0.3, -0.25) is 0 Å².